The Bertz CT molecular complexity index is 509. The maximum atomic E-state index is 5.25. The highest BCUT2D eigenvalue weighted by Gasteiger charge is 2.07. The number of hydrogen-bond acceptors (Lipinski definition) is 5. The highest BCUT2D eigenvalue weighted by Crippen LogP contribution is 2.23. The Balaban J connectivity index is 2.18. The van der Waals surface area contributed by atoms with Gasteiger partial charge in [-0.3, -0.25) is 0 Å². The van der Waals surface area contributed by atoms with E-state index >= 15 is 0 Å². The number of hydrogen-bond donors (Lipinski definition) is 0. The van der Waals surface area contributed by atoms with Gasteiger partial charge in [0.2, 0.25) is 5.95 Å². The van der Waals surface area contributed by atoms with Gasteiger partial charge in [-0.2, -0.15) is 0 Å². The van der Waals surface area contributed by atoms with E-state index in [4.69, 9.17) is 9.47 Å². The molecule has 0 aliphatic rings. The Kier molecular flexibility index (Phi) is 4.18. The van der Waals surface area contributed by atoms with Crippen LogP contribution in [0.5, 0.6) is 11.5 Å². The third-order valence-corrected chi connectivity index (χ3v) is 2.72. The average Bonchev–Trinajstić information content (AvgIpc) is 2.47. The minimum Gasteiger partial charge on any atom is -0.497 e. The van der Waals surface area contributed by atoms with Crippen molar-refractivity contribution in [3.8, 4) is 11.5 Å². The highest BCUT2D eigenvalue weighted by molar-refractivity contribution is 5.40. The molecule has 0 atom stereocenters. The molecule has 0 aliphatic heterocycles. The standard InChI is InChI=1S/C14H17N3O2/c1-17(14-15-5-4-6-16-14)10-11-7-12(18-2)9-13(8-11)19-3/h4-9H,10H2,1-3H3. The van der Waals surface area contributed by atoms with Crippen molar-refractivity contribution in [2.75, 3.05) is 26.2 Å². The summed E-state index contributed by atoms with van der Waals surface area (Å²) < 4.78 is 10.5. The van der Waals surface area contributed by atoms with Crippen LogP contribution in [0.15, 0.2) is 36.7 Å². The van der Waals surface area contributed by atoms with Gasteiger partial charge in [0.15, 0.2) is 0 Å². The summed E-state index contributed by atoms with van der Waals surface area (Å²) in [5.74, 6) is 2.23. The molecule has 1 heterocycles. The molecule has 0 amide bonds. The summed E-state index contributed by atoms with van der Waals surface area (Å²) in [7, 11) is 5.23. The zero-order valence-electron chi connectivity index (χ0n) is 11.3. The van der Waals surface area contributed by atoms with E-state index in [1.54, 1.807) is 32.7 Å². The van der Waals surface area contributed by atoms with Crippen LogP contribution in [0.2, 0.25) is 0 Å². The molecule has 2 rings (SSSR count). The first-order valence-corrected chi connectivity index (χ1v) is 5.93. The zero-order valence-corrected chi connectivity index (χ0v) is 11.3. The van der Waals surface area contributed by atoms with Gasteiger partial charge in [0, 0.05) is 32.1 Å². The van der Waals surface area contributed by atoms with Crippen molar-refractivity contribution < 1.29 is 9.47 Å². The lowest BCUT2D eigenvalue weighted by molar-refractivity contribution is 0.393. The Morgan fingerprint density at radius 2 is 1.58 bits per heavy atom. The fourth-order valence-corrected chi connectivity index (χ4v) is 1.79. The van der Waals surface area contributed by atoms with E-state index < -0.39 is 0 Å². The van der Waals surface area contributed by atoms with Gasteiger partial charge in [0.25, 0.3) is 0 Å². The van der Waals surface area contributed by atoms with Crippen molar-refractivity contribution in [3.05, 3.63) is 42.2 Å². The molecule has 0 saturated carbocycles. The normalized spacial score (nSPS) is 10.1. The quantitative estimate of drug-likeness (QED) is 0.823. The van der Waals surface area contributed by atoms with Crippen LogP contribution in [-0.2, 0) is 6.54 Å². The minimum atomic E-state index is 0.678. The summed E-state index contributed by atoms with van der Waals surface area (Å²) in [5, 5.41) is 0. The molecular formula is C14H17N3O2. The van der Waals surface area contributed by atoms with Crippen molar-refractivity contribution in [1.82, 2.24) is 9.97 Å². The summed E-state index contributed by atoms with van der Waals surface area (Å²) in [6.45, 7) is 0.678. The van der Waals surface area contributed by atoms with Crippen LogP contribution in [0.4, 0.5) is 5.95 Å². The maximum Gasteiger partial charge on any atom is 0.225 e. The second kappa shape index (κ2) is 6.04. The number of ether oxygens (including phenoxy) is 2. The van der Waals surface area contributed by atoms with Gasteiger partial charge in [-0.05, 0) is 23.8 Å². The van der Waals surface area contributed by atoms with Crippen LogP contribution in [0.25, 0.3) is 0 Å². The van der Waals surface area contributed by atoms with Gasteiger partial charge in [-0.25, -0.2) is 9.97 Å². The molecule has 0 radical (unpaired) electrons. The predicted molar refractivity (Wildman–Crippen MR) is 73.7 cm³/mol. The number of aromatic nitrogens is 2. The first-order chi connectivity index (χ1) is 9.22. The monoisotopic (exact) mass is 259 g/mol. The molecule has 2 aromatic rings. The number of benzene rings is 1. The van der Waals surface area contributed by atoms with Gasteiger partial charge < -0.3 is 14.4 Å². The maximum absolute atomic E-state index is 5.25. The summed E-state index contributed by atoms with van der Waals surface area (Å²) >= 11 is 0. The number of methoxy groups -OCH3 is 2. The molecule has 5 nitrogen and oxygen atoms in total. The lowest BCUT2D eigenvalue weighted by atomic mass is 10.2. The van der Waals surface area contributed by atoms with E-state index in [1.807, 2.05) is 30.1 Å². The molecule has 0 bridgehead atoms. The summed E-state index contributed by atoms with van der Waals surface area (Å²) in [6.07, 6.45) is 3.45. The first kappa shape index (κ1) is 13.1. The van der Waals surface area contributed by atoms with E-state index in [0.29, 0.717) is 12.5 Å². The third-order valence-electron chi connectivity index (χ3n) is 2.72. The van der Waals surface area contributed by atoms with E-state index in [9.17, 15) is 0 Å². The highest BCUT2D eigenvalue weighted by atomic mass is 16.5. The van der Waals surface area contributed by atoms with Crippen molar-refractivity contribution in [3.63, 3.8) is 0 Å². The Labute approximate surface area is 112 Å². The molecule has 1 aromatic heterocycles. The van der Waals surface area contributed by atoms with E-state index in [2.05, 4.69) is 9.97 Å². The Morgan fingerprint density at radius 1 is 1.00 bits per heavy atom. The molecule has 0 N–H and O–H groups in total. The molecule has 1 aromatic carbocycles. The van der Waals surface area contributed by atoms with Crippen LogP contribution in [-0.4, -0.2) is 31.2 Å². The topological polar surface area (TPSA) is 47.5 Å². The summed E-state index contributed by atoms with van der Waals surface area (Å²) in [6, 6.07) is 7.60. The van der Waals surface area contributed by atoms with E-state index in [-0.39, 0.29) is 0 Å². The van der Waals surface area contributed by atoms with Gasteiger partial charge in [0.05, 0.1) is 14.2 Å². The van der Waals surface area contributed by atoms with Crippen molar-refractivity contribution >= 4 is 5.95 Å². The predicted octanol–water partition coefficient (Wildman–Crippen LogP) is 2.13. The molecule has 19 heavy (non-hydrogen) atoms. The van der Waals surface area contributed by atoms with Crippen LogP contribution in [0.3, 0.4) is 0 Å². The zero-order chi connectivity index (χ0) is 13.7. The van der Waals surface area contributed by atoms with Gasteiger partial charge in [-0.15, -0.1) is 0 Å². The second-order valence-electron chi connectivity index (χ2n) is 4.13. The molecule has 0 unspecified atom stereocenters. The lowest BCUT2D eigenvalue weighted by Crippen LogP contribution is -2.18. The number of nitrogens with zero attached hydrogens (tertiary/aromatic N) is 3. The summed E-state index contributed by atoms with van der Waals surface area (Å²) in [5.41, 5.74) is 1.08. The molecule has 0 aliphatic carbocycles. The van der Waals surface area contributed by atoms with Gasteiger partial charge in [0.1, 0.15) is 11.5 Å². The Hall–Kier alpha value is -2.30. The minimum absolute atomic E-state index is 0.678. The van der Waals surface area contributed by atoms with Gasteiger partial charge >= 0.3 is 0 Å². The van der Waals surface area contributed by atoms with Crippen molar-refractivity contribution in [2.24, 2.45) is 0 Å². The van der Waals surface area contributed by atoms with Gasteiger partial charge in [-0.1, -0.05) is 0 Å². The SMILES string of the molecule is COc1cc(CN(C)c2ncccn2)cc(OC)c1. The van der Waals surface area contributed by atoms with Crippen molar-refractivity contribution in [1.29, 1.82) is 0 Å². The largest absolute Gasteiger partial charge is 0.497 e. The van der Waals surface area contributed by atoms with E-state index in [1.165, 1.54) is 0 Å². The molecule has 0 spiro atoms. The Morgan fingerprint density at radius 3 is 2.11 bits per heavy atom. The smallest absolute Gasteiger partial charge is 0.225 e. The third kappa shape index (κ3) is 3.34. The average molecular weight is 259 g/mol. The molecule has 100 valence electrons. The first-order valence-electron chi connectivity index (χ1n) is 5.93. The fraction of sp³-hybridized carbons (Fsp3) is 0.286. The lowest BCUT2D eigenvalue weighted by Gasteiger charge is -2.17. The van der Waals surface area contributed by atoms with Crippen LogP contribution in [0.1, 0.15) is 5.56 Å². The molecular weight excluding hydrogens is 242 g/mol. The van der Waals surface area contributed by atoms with Crippen LogP contribution >= 0.6 is 0 Å². The number of rotatable bonds is 5. The second-order valence-corrected chi connectivity index (χ2v) is 4.13. The summed E-state index contributed by atoms with van der Waals surface area (Å²) in [4.78, 5) is 10.4. The fourth-order valence-electron chi connectivity index (χ4n) is 1.79. The molecule has 0 fully saturated rings. The van der Waals surface area contributed by atoms with Crippen molar-refractivity contribution in [2.45, 2.75) is 6.54 Å². The van der Waals surface area contributed by atoms with Crippen LogP contribution < -0.4 is 14.4 Å². The molecule has 0 saturated heterocycles. The van der Waals surface area contributed by atoms with Crippen LogP contribution in [0, 0.1) is 0 Å². The molecule has 5 heteroatoms. The number of anilines is 1. The van der Waals surface area contributed by atoms with E-state index in [0.717, 1.165) is 17.1 Å².